The second kappa shape index (κ2) is 8.88. The van der Waals surface area contributed by atoms with Gasteiger partial charge in [-0.25, -0.2) is 0 Å². The molecule has 0 saturated carbocycles. The molecule has 0 saturated heterocycles. The average Bonchev–Trinajstić information content (AvgIpc) is 1.41. The average molecular weight is 157 g/mol. The summed E-state index contributed by atoms with van der Waals surface area (Å²) in [5, 5.41) is 0. The van der Waals surface area contributed by atoms with E-state index in [0.29, 0.717) is 0 Å². The third-order valence-electron chi connectivity index (χ3n) is 0. The van der Waals surface area contributed by atoms with E-state index >= 15 is 0 Å². The van der Waals surface area contributed by atoms with Gasteiger partial charge in [0.15, 0.2) is 0 Å². The second-order valence-corrected chi connectivity index (χ2v) is 1.20. The molecule has 0 unspecified atom stereocenters. The summed E-state index contributed by atoms with van der Waals surface area (Å²) in [6.07, 6.45) is 0. The van der Waals surface area contributed by atoms with Gasteiger partial charge in [-0.1, -0.05) is 0 Å². The van der Waals surface area contributed by atoms with Crippen LogP contribution in [0.5, 0.6) is 0 Å². The molecule has 2 N–H and O–H groups in total. The van der Waals surface area contributed by atoms with Gasteiger partial charge in [0.1, 0.15) is 0 Å². The SMILES string of the molecule is C=C.O=[Se](O)O. The molecule has 0 aromatic heterocycles. The summed E-state index contributed by atoms with van der Waals surface area (Å²) >= 11 is -3.29. The Balaban J connectivity index is 0. The molecule has 0 aliphatic heterocycles. The quantitative estimate of drug-likeness (QED) is 0.357. The predicted molar refractivity (Wildman–Crippen MR) is 22.1 cm³/mol. The van der Waals surface area contributed by atoms with Crippen molar-refractivity contribution in [3.63, 3.8) is 0 Å². The first-order chi connectivity index (χ1) is 2.73. The third-order valence-corrected chi connectivity index (χ3v) is 0. The molecule has 0 atom stereocenters. The van der Waals surface area contributed by atoms with E-state index in [0.717, 1.165) is 0 Å². The van der Waals surface area contributed by atoms with Crippen molar-refractivity contribution in [1.29, 1.82) is 0 Å². The Morgan fingerprint density at radius 1 is 1.33 bits per heavy atom. The number of rotatable bonds is 0. The Hall–Kier alpha value is -0.0205. The van der Waals surface area contributed by atoms with Gasteiger partial charge in [0.05, 0.1) is 0 Å². The molecule has 4 heteroatoms. The minimum absolute atomic E-state index is 3.00. The molecule has 0 radical (unpaired) electrons. The molecule has 6 heavy (non-hydrogen) atoms. The van der Waals surface area contributed by atoms with E-state index in [9.17, 15) is 0 Å². The summed E-state index contributed by atoms with van der Waals surface area (Å²) in [6, 6.07) is 0. The Bertz CT molecular complexity index is 40.1. The molecule has 0 heterocycles. The summed E-state index contributed by atoms with van der Waals surface area (Å²) in [5.41, 5.74) is 0. The third kappa shape index (κ3) is 83900. The van der Waals surface area contributed by atoms with Gasteiger partial charge < -0.3 is 0 Å². The van der Waals surface area contributed by atoms with Crippen LogP contribution in [-0.2, 0) is 3.83 Å². The standard InChI is InChI=1S/C2H4.H2O3Se/c1-2;1-4(2)3/h1-2H2;(H2,1,2,3). The molecular weight excluding hydrogens is 151 g/mol. The zero-order valence-electron chi connectivity index (χ0n) is 3.13. The minimum atomic E-state index is -3.29. The molecular formula is C2H6O3Se. The topological polar surface area (TPSA) is 57.5 Å². The van der Waals surface area contributed by atoms with E-state index in [1.807, 2.05) is 0 Å². The van der Waals surface area contributed by atoms with Gasteiger partial charge in [-0.2, -0.15) is 0 Å². The van der Waals surface area contributed by atoms with Crippen LogP contribution in [0.25, 0.3) is 0 Å². The summed E-state index contributed by atoms with van der Waals surface area (Å²) in [5.74, 6) is 0. The molecule has 0 rings (SSSR count). The van der Waals surface area contributed by atoms with Crippen molar-refractivity contribution in [2.24, 2.45) is 0 Å². The van der Waals surface area contributed by atoms with Crippen LogP contribution in [0.2, 0.25) is 0 Å². The monoisotopic (exact) mass is 158 g/mol. The summed E-state index contributed by atoms with van der Waals surface area (Å²) in [6.45, 7) is 6.00. The zero-order chi connectivity index (χ0) is 5.58. The molecule has 0 amide bonds. The Morgan fingerprint density at radius 3 is 1.33 bits per heavy atom. The van der Waals surface area contributed by atoms with E-state index in [-0.39, 0.29) is 0 Å². The molecule has 0 spiro atoms. The fraction of sp³-hybridized carbons (Fsp3) is 0. The Morgan fingerprint density at radius 2 is 1.33 bits per heavy atom. The first-order valence-corrected chi connectivity index (χ1v) is 3.26. The van der Waals surface area contributed by atoms with Gasteiger partial charge in [-0.3, -0.25) is 0 Å². The second-order valence-electron chi connectivity index (χ2n) is 0.231. The van der Waals surface area contributed by atoms with Crippen LogP contribution in [0.1, 0.15) is 0 Å². The van der Waals surface area contributed by atoms with Crippen molar-refractivity contribution < 1.29 is 12.2 Å². The van der Waals surface area contributed by atoms with Gasteiger partial charge in [0.25, 0.3) is 0 Å². The molecule has 0 aromatic rings. The summed E-state index contributed by atoms with van der Waals surface area (Å²) < 4.78 is 23.1. The molecule has 38 valence electrons. The number of hydrogen-bond donors (Lipinski definition) is 2. The zero-order valence-corrected chi connectivity index (χ0v) is 4.84. The van der Waals surface area contributed by atoms with Gasteiger partial charge in [0, 0.05) is 0 Å². The predicted octanol–water partition coefficient (Wildman–Crippen LogP) is -0.811. The van der Waals surface area contributed by atoms with Crippen LogP contribution in [0.3, 0.4) is 0 Å². The van der Waals surface area contributed by atoms with Crippen LogP contribution >= 0.6 is 0 Å². The van der Waals surface area contributed by atoms with Crippen LogP contribution in [0.4, 0.5) is 0 Å². The van der Waals surface area contributed by atoms with E-state index in [2.05, 4.69) is 13.2 Å². The first-order valence-electron chi connectivity index (χ1n) is 1.03. The van der Waals surface area contributed by atoms with Crippen molar-refractivity contribution in [3.8, 4) is 0 Å². The van der Waals surface area contributed by atoms with Crippen molar-refractivity contribution >= 4 is 14.5 Å². The molecule has 0 aromatic carbocycles. The van der Waals surface area contributed by atoms with Gasteiger partial charge >= 0.3 is 26.7 Å². The fourth-order valence-corrected chi connectivity index (χ4v) is 0. The summed E-state index contributed by atoms with van der Waals surface area (Å²) in [4.78, 5) is 0. The van der Waals surface area contributed by atoms with Crippen molar-refractivity contribution in [2.75, 3.05) is 0 Å². The van der Waals surface area contributed by atoms with Gasteiger partial charge in [-0.15, -0.1) is 13.2 Å². The molecule has 0 bridgehead atoms. The van der Waals surface area contributed by atoms with E-state index < -0.39 is 14.5 Å². The normalized spacial score (nSPS) is 6.50. The Labute approximate surface area is 40.7 Å². The summed E-state index contributed by atoms with van der Waals surface area (Å²) in [7, 11) is 0. The van der Waals surface area contributed by atoms with Crippen molar-refractivity contribution in [1.82, 2.24) is 0 Å². The van der Waals surface area contributed by atoms with Crippen LogP contribution in [-0.4, -0.2) is 22.9 Å². The van der Waals surface area contributed by atoms with Crippen molar-refractivity contribution in [3.05, 3.63) is 13.2 Å². The number of hydrogen-bond acceptors (Lipinski definition) is 1. The fourth-order valence-electron chi connectivity index (χ4n) is 0. The van der Waals surface area contributed by atoms with E-state index in [4.69, 9.17) is 12.2 Å². The molecule has 0 aliphatic carbocycles. The van der Waals surface area contributed by atoms with Gasteiger partial charge in [-0.05, 0) is 0 Å². The maximum absolute atomic E-state index is 8.76. The maximum atomic E-state index is 8.76. The van der Waals surface area contributed by atoms with Crippen LogP contribution in [0, 0.1) is 0 Å². The molecule has 3 nitrogen and oxygen atoms in total. The molecule has 0 fully saturated rings. The first kappa shape index (κ1) is 9.36. The van der Waals surface area contributed by atoms with E-state index in [1.54, 1.807) is 0 Å². The van der Waals surface area contributed by atoms with E-state index in [1.165, 1.54) is 0 Å². The Kier molecular flexibility index (Phi) is 13.9. The van der Waals surface area contributed by atoms with Gasteiger partial charge in [0.2, 0.25) is 0 Å². The molecule has 0 aliphatic rings. The van der Waals surface area contributed by atoms with Crippen LogP contribution in [0.15, 0.2) is 13.2 Å². The van der Waals surface area contributed by atoms with Crippen molar-refractivity contribution in [2.45, 2.75) is 0 Å². The van der Waals surface area contributed by atoms with Crippen LogP contribution < -0.4 is 0 Å².